The van der Waals surface area contributed by atoms with Gasteiger partial charge in [-0.25, -0.2) is 8.42 Å². The summed E-state index contributed by atoms with van der Waals surface area (Å²) in [6.45, 7) is 7.10. The van der Waals surface area contributed by atoms with E-state index in [1.807, 2.05) is 4.90 Å². The molecular formula is C15H26ClN5O3S. The number of nitrogens with zero attached hydrogens (tertiary/aromatic N) is 3. The standard InChI is InChI=1S/C15H25N5O3S.ClH/c1-11-14(12(2)18-17-11)24(22,23)20-7-3-4-13(10-20)15(21)19-8-5-16-6-9-19;/h13,16H,3-10H2,1-2H3,(H,17,18);1H. The number of sulfonamides is 1. The molecule has 3 heterocycles. The largest absolute Gasteiger partial charge is 0.340 e. The van der Waals surface area contributed by atoms with Crippen LogP contribution in [0.25, 0.3) is 0 Å². The zero-order valence-electron chi connectivity index (χ0n) is 14.6. The lowest BCUT2D eigenvalue weighted by Crippen LogP contribution is -2.52. The van der Waals surface area contributed by atoms with E-state index in [4.69, 9.17) is 0 Å². The van der Waals surface area contributed by atoms with Gasteiger partial charge in [0.15, 0.2) is 0 Å². The molecule has 1 amide bonds. The monoisotopic (exact) mass is 391 g/mol. The second kappa shape index (κ2) is 8.03. The highest BCUT2D eigenvalue weighted by Gasteiger charge is 2.37. The predicted octanol–water partition coefficient (Wildman–Crippen LogP) is 0.281. The molecular weight excluding hydrogens is 366 g/mol. The van der Waals surface area contributed by atoms with Crippen LogP contribution < -0.4 is 5.32 Å². The van der Waals surface area contributed by atoms with E-state index in [0.29, 0.717) is 37.4 Å². The summed E-state index contributed by atoms with van der Waals surface area (Å²) in [5, 5.41) is 9.95. The molecule has 8 nitrogen and oxygen atoms in total. The molecule has 25 heavy (non-hydrogen) atoms. The van der Waals surface area contributed by atoms with Crippen molar-refractivity contribution in [3.05, 3.63) is 11.4 Å². The lowest BCUT2D eigenvalue weighted by molar-refractivity contribution is -0.137. The lowest BCUT2D eigenvalue weighted by Gasteiger charge is -2.35. The van der Waals surface area contributed by atoms with Gasteiger partial charge in [-0.05, 0) is 26.7 Å². The van der Waals surface area contributed by atoms with E-state index in [2.05, 4.69) is 15.5 Å². The van der Waals surface area contributed by atoms with Crippen LogP contribution >= 0.6 is 12.4 Å². The maximum atomic E-state index is 13.0. The van der Waals surface area contributed by atoms with Crippen LogP contribution in [-0.2, 0) is 14.8 Å². The number of aromatic amines is 1. The van der Waals surface area contributed by atoms with Gasteiger partial charge in [0.05, 0.1) is 17.3 Å². The summed E-state index contributed by atoms with van der Waals surface area (Å²) in [5.41, 5.74) is 1.02. The number of halogens is 1. The molecule has 3 rings (SSSR count). The average Bonchev–Trinajstić information content (AvgIpc) is 2.94. The van der Waals surface area contributed by atoms with Crippen molar-refractivity contribution < 1.29 is 13.2 Å². The summed E-state index contributed by atoms with van der Waals surface area (Å²) in [4.78, 5) is 14.8. The van der Waals surface area contributed by atoms with Gasteiger partial charge in [-0.15, -0.1) is 12.4 Å². The van der Waals surface area contributed by atoms with Crippen LogP contribution in [0.2, 0.25) is 0 Å². The number of hydrogen-bond donors (Lipinski definition) is 2. The first-order valence-corrected chi connectivity index (χ1v) is 9.86. The summed E-state index contributed by atoms with van der Waals surface area (Å²) in [7, 11) is -3.62. The van der Waals surface area contributed by atoms with Crippen LogP contribution in [0.15, 0.2) is 4.90 Å². The Labute approximate surface area is 154 Å². The van der Waals surface area contributed by atoms with Crippen LogP contribution in [0.1, 0.15) is 24.2 Å². The van der Waals surface area contributed by atoms with Gasteiger partial charge in [-0.1, -0.05) is 0 Å². The van der Waals surface area contributed by atoms with E-state index >= 15 is 0 Å². The van der Waals surface area contributed by atoms with Gasteiger partial charge in [0.25, 0.3) is 0 Å². The smallest absolute Gasteiger partial charge is 0.246 e. The van der Waals surface area contributed by atoms with E-state index < -0.39 is 10.0 Å². The molecule has 2 fully saturated rings. The summed E-state index contributed by atoms with van der Waals surface area (Å²) in [6.07, 6.45) is 1.45. The molecule has 1 atom stereocenters. The summed E-state index contributed by atoms with van der Waals surface area (Å²) in [6, 6.07) is 0. The van der Waals surface area contributed by atoms with Crippen molar-refractivity contribution in [2.75, 3.05) is 39.3 Å². The maximum absolute atomic E-state index is 13.0. The van der Waals surface area contributed by atoms with Crippen molar-refractivity contribution in [1.29, 1.82) is 0 Å². The first-order chi connectivity index (χ1) is 11.4. The van der Waals surface area contributed by atoms with E-state index in [-0.39, 0.29) is 35.7 Å². The number of carbonyl (C=O) groups excluding carboxylic acids is 1. The Bertz CT molecular complexity index is 695. The van der Waals surface area contributed by atoms with Crippen LogP contribution in [0.5, 0.6) is 0 Å². The second-order valence-corrected chi connectivity index (χ2v) is 8.42. The van der Waals surface area contributed by atoms with E-state index in [1.54, 1.807) is 13.8 Å². The minimum absolute atomic E-state index is 0. The number of nitrogens with one attached hydrogen (secondary N) is 2. The summed E-state index contributed by atoms with van der Waals surface area (Å²) in [5.74, 6) is -0.170. The third-order valence-electron chi connectivity index (χ3n) is 4.82. The van der Waals surface area contributed by atoms with Gasteiger partial charge in [-0.3, -0.25) is 9.89 Å². The zero-order chi connectivity index (χ0) is 17.3. The number of aryl methyl sites for hydroxylation is 2. The molecule has 0 radical (unpaired) electrons. The van der Waals surface area contributed by atoms with Crippen LogP contribution in [0.3, 0.4) is 0 Å². The molecule has 1 unspecified atom stereocenters. The van der Waals surface area contributed by atoms with Crippen LogP contribution in [0, 0.1) is 19.8 Å². The molecule has 2 aliphatic rings. The molecule has 0 spiro atoms. The topological polar surface area (TPSA) is 98.4 Å². The number of amides is 1. The fraction of sp³-hybridized carbons (Fsp3) is 0.733. The van der Waals surface area contributed by atoms with Crippen molar-refractivity contribution in [2.45, 2.75) is 31.6 Å². The molecule has 2 aliphatic heterocycles. The lowest BCUT2D eigenvalue weighted by atomic mass is 9.98. The number of carbonyl (C=O) groups is 1. The molecule has 0 aliphatic carbocycles. The fourth-order valence-corrected chi connectivity index (χ4v) is 5.41. The molecule has 142 valence electrons. The second-order valence-electron chi connectivity index (χ2n) is 6.54. The van der Waals surface area contributed by atoms with Crippen molar-refractivity contribution in [3.8, 4) is 0 Å². The SMILES string of the molecule is Cc1n[nH]c(C)c1S(=O)(=O)N1CCCC(C(=O)N2CCNCC2)C1.Cl. The normalized spacial score (nSPS) is 22.5. The molecule has 2 saturated heterocycles. The first-order valence-electron chi connectivity index (χ1n) is 8.42. The molecule has 0 aromatic carbocycles. The highest BCUT2D eigenvalue weighted by Crippen LogP contribution is 2.27. The molecule has 1 aromatic rings. The highest BCUT2D eigenvalue weighted by molar-refractivity contribution is 7.89. The summed E-state index contributed by atoms with van der Waals surface area (Å²) >= 11 is 0. The Hall–Kier alpha value is -1.16. The number of piperidine rings is 1. The number of piperazine rings is 1. The first kappa shape index (κ1) is 20.2. The minimum atomic E-state index is -3.62. The van der Waals surface area contributed by atoms with E-state index in [9.17, 15) is 13.2 Å². The Kier molecular flexibility index (Phi) is 6.47. The summed E-state index contributed by atoms with van der Waals surface area (Å²) < 4.78 is 27.4. The molecule has 0 saturated carbocycles. The molecule has 2 N–H and O–H groups in total. The maximum Gasteiger partial charge on any atom is 0.246 e. The van der Waals surface area contributed by atoms with Crippen molar-refractivity contribution in [1.82, 2.24) is 24.7 Å². The number of aromatic nitrogens is 2. The number of H-pyrrole nitrogens is 1. The Morgan fingerprint density at radius 1 is 1.20 bits per heavy atom. The predicted molar refractivity (Wildman–Crippen MR) is 96.2 cm³/mol. The molecule has 0 bridgehead atoms. The quantitative estimate of drug-likeness (QED) is 0.771. The van der Waals surface area contributed by atoms with Crippen molar-refractivity contribution in [2.24, 2.45) is 5.92 Å². The molecule has 1 aromatic heterocycles. The van der Waals surface area contributed by atoms with E-state index in [0.717, 1.165) is 19.5 Å². The highest BCUT2D eigenvalue weighted by atomic mass is 35.5. The Balaban J connectivity index is 0.00000225. The van der Waals surface area contributed by atoms with Gasteiger partial charge >= 0.3 is 0 Å². The fourth-order valence-electron chi connectivity index (χ4n) is 3.56. The third-order valence-corrected chi connectivity index (χ3v) is 6.95. The van der Waals surface area contributed by atoms with Crippen molar-refractivity contribution >= 4 is 28.3 Å². The van der Waals surface area contributed by atoms with Gasteiger partial charge in [0.2, 0.25) is 15.9 Å². The van der Waals surface area contributed by atoms with Crippen LogP contribution in [0.4, 0.5) is 0 Å². The van der Waals surface area contributed by atoms with Gasteiger partial charge in [0, 0.05) is 39.3 Å². The zero-order valence-corrected chi connectivity index (χ0v) is 16.3. The van der Waals surface area contributed by atoms with Gasteiger partial charge in [-0.2, -0.15) is 9.40 Å². The average molecular weight is 392 g/mol. The van der Waals surface area contributed by atoms with Crippen LogP contribution in [-0.4, -0.2) is 73.0 Å². The van der Waals surface area contributed by atoms with Gasteiger partial charge in [0.1, 0.15) is 4.90 Å². The molecule has 10 heteroatoms. The minimum Gasteiger partial charge on any atom is -0.340 e. The number of hydrogen-bond acceptors (Lipinski definition) is 5. The van der Waals surface area contributed by atoms with Gasteiger partial charge < -0.3 is 10.2 Å². The third kappa shape index (κ3) is 3.99. The number of rotatable bonds is 3. The van der Waals surface area contributed by atoms with E-state index in [1.165, 1.54) is 4.31 Å². The Morgan fingerprint density at radius 3 is 2.48 bits per heavy atom. The van der Waals surface area contributed by atoms with Crippen molar-refractivity contribution in [3.63, 3.8) is 0 Å². The Morgan fingerprint density at radius 2 is 1.88 bits per heavy atom.